The molecule has 1 aromatic heterocycles. The Labute approximate surface area is 106 Å². The number of carbonyl (C=O) groups is 1. The first-order chi connectivity index (χ1) is 8.68. The van der Waals surface area contributed by atoms with Crippen LogP contribution in [0, 0.1) is 5.92 Å². The molecule has 2 heterocycles. The molecule has 0 aromatic carbocycles. The fourth-order valence-corrected chi connectivity index (χ4v) is 2.29. The van der Waals surface area contributed by atoms with Crippen molar-refractivity contribution in [2.45, 2.75) is 12.8 Å². The van der Waals surface area contributed by atoms with Crippen molar-refractivity contribution in [2.75, 3.05) is 31.7 Å². The second-order valence-corrected chi connectivity index (χ2v) is 4.64. The van der Waals surface area contributed by atoms with E-state index in [1.807, 2.05) is 11.9 Å². The van der Waals surface area contributed by atoms with Gasteiger partial charge in [0.25, 0.3) is 0 Å². The summed E-state index contributed by atoms with van der Waals surface area (Å²) in [5.74, 6) is 0.0350. The molecule has 18 heavy (non-hydrogen) atoms. The third-order valence-electron chi connectivity index (χ3n) is 3.17. The second kappa shape index (κ2) is 5.82. The Morgan fingerprint density at radius 3 is 3.17 bits per heavy atom. The van der Waals surface area contributed by atoms with Crippen molar-refractivity contribution < 1.29 is 14.6 Å². The molecular formula is C13H18N2O3. The van der Waals surface area contributed by atoms with Crippen LogP contribution in [0.2, 0.25) is 0 Å². The summed E-state index contributed by atoms with van der Waals surface area (Å²) in [5.41, 5.74) is 0.247. The number of rotatable bonds is 4. The maximum absolute atomic E-state index is 11.1. The molecule has 1 atom stereocenters. The van der Waals surface area contributed by atoms with E-state index in [1.165, 1.54) is 0 Å². The molecule has 0 aliphatic carbocycles. The van der Waals surface area contributed by atoms with Gasteiger partial charge in [-0.25, -0.2) is 9.78 Å². The highest BCUT2D eigenvalue weighted by molar-refractivity contribution is 5.93. The molecule has 1 aromatic rings. The number of hydrogen-bond donors (Lipinski definition) is 1. The second-order valence-electron chi connectivity index (χ2n) is 4.64. The van der Waals surface area contributed by atoms with Crippen molar-refractivity contribution >= 4 is 11.8 Å². The molecule has 0 spiro atoms. The first kappa shape index (κ1) is 12.8. The van der Waals surface area contributed by atoms with Gasteiger partial charge >= 0.3 is 5.97 Å². The third kappa shape index (κ3) is 2.98. The number of nitrogens with zero attached hydrogens (tertiary/aromatic N) is 2. The number of anilines is 1. The molecule has 98 valence electrons. The van der Waals surface area contributed by atoms with Crippen LogP contribution in [-0.2, 0) is 4.74 Å². The van der Waals surface area contributed by atoms with Gasteiger partial charge in [0.1, 0.15) is 11.4 Å². The Morgan fingerprint density at radius 2 is 2.50 bits per heavy atom. The Bertz CT molecular complexity index is 416. The van der Waals surface area contributed by atoms with E-state index in [1.54, 1.807) is 18.3 Å². The standard InChI is InChI=1S/C13H18N2O3/c1-15(8-10-4-3-7-18-9-10)12-11(13(16)17)5-2-6-14-12/h2,5-6,10H,3-4,7-9H2,1H3,(H,16,17). The summed E-state index contributed by atoms with van der Waals surface area (Å²) in [6.45, 7) is 2.36. The maximum atomic E-state index is 11.1. The van der Waals surface area contributed by atoms with Gasteiger partial charge in [-0.3, -0.25) is 0 Å². The molecule has 5 nitrogen and oxygen atoms in total. The van der Waals surface area contributed by atoms with E-state index >= 15 is 0 Å². The number of carboxylic acid groups (broad SMARTS) is 1. The zero-order valence-electron chi connectivity index (χ0n) is 10.5. The first-order valence-electron chi connectivity index (χ1n) is 6.15. The molecule has 1 aliphatic rings. The van der Waals surface area contributed by atoms with Crippen molar-refractivity contribution in [3.63, 3.8) is 0 Å². The normalized spacial score (nSPS) is 19.5. The lowest BCUT2D eigenvalue weighted by Crippen LogP contribution is -2.32. The molecule has 0 bridgehead atoms. The number of carboxylic acids is 1. The minimum Gasteiger partial charge on any atom is -0.478 e. The average Bonchev–Trinajstić information content (AvgIpc) is 2.40. The maximum Gasteiger partial charge on any atom is 0.339 e. The fourth-order valence-electron chi connectivity index (χ4n) is 2.29. The van der Waals surface area contributed by atoms with E-state index in [4.69, 9.17) is 9.84 Å². The lowest BCUT2D eigenvalue weighted by molar-refractivity contribution is 0.0575. The molecule has 1 unspecified atom stereocenters. The van der Waals surface area contributed by atoms with Crippen molar-refractivity contribution in [3.8, 4) is 0 Å². The summed E-state index contributed by atoms with van der Waals surface area (Å²) in [4.78, 5) is 17.2. The summed E-state index contributed by atoms with van der Waals surface area (Å²) in [7, 11) is 1.88. The van der Waals surface area contributed by atoms with Crippen LogP contribution in [0.4, 0.5) is 5.82 Å². The lowest BCUT2D eigenvalue weighted by Gasteiger charge is -2.28. The molecule has 1 N–H and O–H groups in total. The number of pyridine rings is 1. The van der Waals surface area contributed by atoms with Crippen molar-refractivity contribution in [1.82, 2.24) is 4.98 Å². The first-order valence-corrected chi connectivity index (χ1v) is 6.15. The van der Waals surface area contributed by atoms with Crippen LogP contribution in [-0.4, -0.2) is 42.9 Å². The van der Waals surface area contributed by atoms with Crippen LogP contribution in [0.5, 0.6) is 0 Å². The highest BCUT2D eigenvalue weighted by Crippen LogP contribution is 2.20. The Morgan fingerprint density at radius 1 is 1.67 bits per heavy atom. The van der Waals surface area contributed by atoms with Gasteiger partial charge in [0.2, 0.25) is 0 Å². The van der Waals surface area contributed by atoms with Crippen LogP contribution >= 0.6 is 0 Å². The van der Waals surface area contributed by atoms with E-state index in [9.17, 15) is 4.79 Å². The van der Waals surface area contributed by atoms with Gasteiger partial charge < -0.3 is 14.7 Å². The van der Waals surface area contributed by atoms with Crippen molar-refractivity contribution in [3.05, 3.63) is 23.9 Å². The van der Waals surface area contributed by atoms with Gasteiger partial charge in [0.15, 0.2) is 0 Å². The topological polar surface area (TPSA) is 62.7 Å². The van der Waals surface area contributed by atoms with E-state index in [-0.39, 0.29) is 5.56 Å². The Hall–Kier alpha value is -1.62. The van der Waals surface area contributed by atoms with E-state index < -0.39 is 5.97 Å². The van der Waals surface area contributed by atoms with E-state index in [0.29, 0.717) is 11.7 Å². The SMILES string of the molecule is CN(CC1CCCOC1)c1ncccc1C(=O)O. The Balaban J connectivity index is 2.08. The predicted octanol–water partition coefficient (Wildman–Crippen LogP) is 1.64. The van der Waals surface area contributed by atoms with Crippen LogP contribution in [0.25, 0.3) is 0 Å². The molecule has 5 heteroatoms. The smallest absolute Gasteiger partial charge is 0.339 e. The van der Waals surface area contributed by atoms with Gasteiger partial charge in [-0.15, -0.1) is 0 Å². The van der Waals surface area contributed by atoms with Crippen LogP contribution in [0.1, 0.15) is 23.2 Å². The molecule has 1 saturated heterocycles. The molecule has 1 aliphatic heterocycles. The summed E-state index contributed by atoms with van der Waals surface area (Å²) in [6.07, 6.45) is 3.82. The van der Waals surface area contributed by atoms with Crippen LogP contribution in [0.15, 0.2) is 18.3 Å². The predicted molar refractivity (Wildman–Crippen MR) is 68.0 cm³/mol. The van der Waals surface area contributed by atoms with Gasteiger partial charge in [-0.05, 0) is 30.9 Å². The third-order valence-corrected chi connectivity index (χ3v) is 3.17. The monoisotopic (exact) mass is 250 g/mol. The molecule has 0 radical (unpaired) electrons. The van der Waals surface area contributed by atoms with Crippen molar-refractivity contribution in [1.29, 1.82) is 0 Å². The fraction of sp³-hybridized carbons (Fsp3) is 0.538. The summed E-state index contributed by atoms with van der Waals surface area (Å²) >= 11 is 0. The number of hydrogen-bond acceptors (Lipinski definition) is 4. The molecule has 2 rings (SSSR count). The zero-order valence-corrected chi connectivity index (χ0v) is 10.5. The number of ether oxygens (including phenoxy) is 1. The van der Waals surface area contributed by atoms with Crippen molar-refractivity contribution in [2.24, 2.45) is 5.92 Å². The van der Waals surface area contributed by atoms with E-state index in [0.717, 1.165) is 32.6 Å². The lowest BCUT2D eigenvalue weighted by atomic mass is 10.0. The van der Waals surface area contributed by atoms with Crippen LogP contribution in [0.3, 0.4) is 0 Å². The highest BCUT2D eigenvalue weighted by atomic mass is 16.5. The zero-order chi connectivity index (χ0) is 13.0. The van der Waals surface area contributed by atoms with Gasteiger partial charge in [-0.1, -0.05) is 0 Å². The molecular weight excluding hydrogens is 232 g/mol. The van der Waals surface area contributed by atoms with Gasteiger partial charge in [0.05, 0.1) is 6.61 Å². The summed E-state index contributed by atoms with van der Waals surface area (Å²) in [6, 6.07) is 3.23. The molecule has 0 amide bonds. The van der Waals surface area contributed by atoms with Gasteiger partial charge in [0, 0.05) is 26.4 Å². The quantitative estimate of drug-likeness (QED) is 0.880. The average molecular weight is 250 g/mol. The minimum absolute atomic E-state index is 0.247. The molecule has 0 saturated carbocycles. The number of aromatic carboxylic acids is 1. The summed E-state index contributed by atoms with van der Waals surface area (Å²) < 4.78 is 5.43. The largest absolute Gasteiger partial charge is 0.478 e. The van der Waals surface area contributed by atoms with Crippen LogP contribution < -0.4 is 4.90 Å². The minimum atomic E-state index is -0.940. The van der Waals surface area contributed by atoms with E-state index in [2.05, 4.69) is 4.98 Å². The highest BCUT2D eigenvalue weighted by Gasteiger charge is 2.19. The molecule has 1 fully saturated rings. The Kier molecular flexibility index (Phi) is 4.15. The number of aromatic nitrogens is 1. The summed E-state index contributed by atoms with van der Waals surface area (Å²) in [5, 5.41) is 9.13. The van der Waals surface area contributed by atoms with Gasteiger partial charge in [-0.2, -0.15) is 0 Å².